The molecule has 5 nitrogen and oxygen atoms in total. The molecule has 0 saturated carbocycles. The Balaban J connectivity index is 2.02. The topological polar surface area (TPSA) is 79.2 Å². The van der Waals surface area contributed by atoms with Crippen molar-refractivity contribution in [2.45, 2.75) is 19.8 Å². The van der Waals surface area contributed by atoms with E-state index in [0.717, 1.165) is 18.9 Å². The molecule has 0 saturated heterocycles. The van der Waals surface area contributed by atoms with Gasteiger partial charge in [-0.1, -0.05) is 13.3 Å². The molecule has 2 rings (SSSR count). The van der Waals surface area contributed by atoms with Crippen molar-refractivity contribution in [1.29, 1.82) is 5.26 Å². The van der Waals surface area contributed by atoms with Crippen LogP contribution in [-0.2, 0) is 4.74 Å². The molecule has 0 atom stereocenters. The Hall–Kier alpha value is -3.20. The minimum Gasteiger partial charge on any atom is -0.462 e. The molecular weight excluding hydrogens is 323 g/mol. The van der Waals surface area contributed by atoms with Crippen LogP contribution < -0.4 is 5.32 Å². The molecule has 1 N–H and O–H groups in total. The molecule has 0 aliphatic carbocycles. The first-order valence-electron chi connectivity index (χ1n) is 7.83. The molecule has 2 aromatic rings. The van der Waals surface area contributed by atoms with Gasteiger partial charge in [-0.25, -0.2) is 9.18 Å². The number of nitriles is 1. The Morgan fingerprint density at radius 2 is 1.92 bits per heavy atom. The Morgan fingerprint density at radius 1 is 1.20 bits per heavy atom. The molecule has 0 bridgehead atoms. The maximum atomic E-state index is 13.8. The molecule has 0 aliphatic heterocycles. The van der Waals surface area contributed by atoms with E-state index in [0.29, 0.717) is 17.9 Å². The molecule has 6 heteroatoms. The summed E-state index contributed by atoms with van der Waals surface area (Å²) in [5.41, 5.74) is 0.763. The summed E-state index contributed by atoms with van der Waals surface area (Å²) in [6.45, 7) is 2.37. The van der Waals surface area contributed by atoms with E-state index in [-0.39, 0.29) is 11.1 Å². The Kier molecular flexibility index (Phi) is 6.24. The largest absolute Gasteiger partial charge is 0.462 e. The summed E-state index contributed by atoms with van der Waals surface area (Å²) in [5, 5.41) is 11.3. The van der Waals surface area contributed by atoms with E-state index in [4.69, 9.17) is 10.00 Å². The smallest absolute Gasteiger partial charge is 0.338 e. The molecule has 2 aromatic carbocycles. The number of carbonyl (C=O) groups is 2. The number of hydrogen-bond acceptors (Lipinski definition) is 4. The van der Waals surface area contributed by atoms with Crippen molar-refractivity contribution in [3.05, 3.63) is 65.0 Å². The number of halogens is 1. The number of anilines is 1. The average Bonchev–Trinajstić information content (AvgIpc) is 2.62. The molecule has 0 spiro atoms. The first-order chi connectivity index (χ1) is 12.0. The van der Waals surface area contributed by atoms with Gasteiger partial charge in [-0.15, -0.1) is 0 Å². The summed E-state index contributed by atoms with van der Waals surface area (Å²) in [7, 11) is 0. The first kappa shape index (κ1) is 18.1. The van der Waals surface area contributed by atoms with Crippen LogP contribution in [0, 0.1) is 17.1 Å². The minimum absolute atomic E-state index is 0.139. The lowest BCUT2D eigenvalue weighted by Crippen LogP contribution is -2.14. The van der Waals surface area contributed by atoms with Crippen LogP contribution in [0.15, 0.2) is 42.5 Å². The van der Waals surface area contributed by atoms with Crippen molar-refractivity contribution in [3.63, 3.8) is 0 Å². The van der Waals surface area contributed by atoms with Crippen molar-refractivity contribution in [2.24, 2.45) is 0 Å². The van der Waals surface area contributed by atoms with Crippen molar-refractivity contribution in [1.82, 2.24) is 0 Å². The van der Waals surface area contributed by atoms with Gasteiger partial charge in [0.15, 0.2) is 0 Å². The number of amides is 1. The SMILES string of the molecule is CCCCOC(=O)c1ccc(NC(=O)c2ccc(C#N)cc2F)cc1. The second-order valence-electron chi connectivity index (χ2n) is 5.33. The highest BCUT2D eigenvalue weighted by atomic mass is 19.1. The van der Waals surface area contributed by atoms with Gasteiger partial charge in [0.25, 0.3) is 5.91 Å². The Labute approximate surface area is 145 Å². The third kappa shape index (κ3) is 4.88. The molecule has 0 fully saturated rings. The lowest BCUT2D eigenvalue weighted by Gasteiger charge is -2.08. The van der Waals surface area contributed by atoms with Crippen LogP contribution in [0.1, 0.15) is 46.0 Å². The Bertz CT molecular complexity index is 810. The number of rotatable bonds is 6. The van der Waals surface area contributed by atoms with Gasteiger partial charge >= 0.3 is 5.97 Å². The lowest BCUT2D eigenvalue weighted by molar-refractivity contribution is 0.0499. The normalized spacial score (nSPS) is 9.96. The van der Waals surface area contributed by atoms with E-state index in [2.05, 4.69) is 5.32 Å². The van der Waals surface area contributed by atoms with E-state index in [1.54, 1.807) is 6.07 Å². The average molecular weight is 340 g/mol. The fraction of sp³-hybridized carbons (Fsp3) is 0.211. The third-order valence-corrected chi connectivity index (χ3v) is 3.45. The van der Waals surface area contributed by atoms with E-state index in [1.165, 1.54) is 36.4 Å². The molecule has 0 heterocycles. The van der Waals surface area contributed by atoms with Gasteiger partial charge < -0.3 is 10.1 Å². The molecule has 1 amide bonds. The molecule has 25 heavy (non-hydrogen) atoms. The van der Waals surface area contributed by atoms with Crippen molar-refractivity contribution in [3.8, 4) is 6.07 Å². The second kappa shape index (κ2) is 8.60. The number of nitrogens with one attached hydrogen (secondary N) is 1. The van der Waals surface area contributed by atoms with Crippen molar-refractivity contribution >= 4 is 17.6 Å². The van der Waals surface area contributed by atoms with Gasteiger partial charge in [0.2, 0.25) is 0 Å². The van der Waals surface area contributed by atoms with E-state index >= 15 is 0 Å². The number of carbonyl (C=O) groups excluding carboxylic acids is 2. The van der Waals surface area contributed by atoms with Crippen LogP contribution in [0.2, 0.25) is 0 Å². The summed E-state index contributed by atoms with van der Waals surface area (Å²) in [5.74, 6) is -1.84. The summed E-state index contributed by atoms with van der Waals surface area (Å²) >= 11 is 0. The number of benzene rings is 2. The Morgan fingerprint density at radius 3 is 2.52 bits per heavy atom. The van der Waals surface area contributed by atoms with Crippen molar-refractivity contribution < 1.29 is 18.7 Å². The standard InChI is InChI=1S/C19H17FN2O3/c1-2-3-10-25-19(24)14-5-7-15(8-6-14)22-18(23)16-9-4-13(12-21)11-17(16)20/h4-9,11H,2-3,10H2,1H3,(H,22,23). The van der Waals surface area contributed by atoms with Gasteiger partial charge in [0.05, 0.1) is 29.4 Å². The molecular formula is C19H17FN2O3. The van der Waals surface area contributed by atoms with Gasteiger partial charge in [0, 0.05) is 5.69 Å². The van der Waals surface area contributed by atoms with Crippen LogP contribution in [0.3, 0.4) is 0 Å². The predicted octanol–water partition coefficient (Wildman–Crippen LogP) is 3.91. The number of unbranched alkanes of at least 4 members (excludes halogenated alkanes) is 1. The molecule has 128 valence electrons. The highest BCUT2D eigenvalue weighted by Gasteiger charge is 2.13. The summed E-state index contributed by atoms with van der Waals surface area (Å²) in [6.07, 6.45) is 1.74. The van der Waals surface area contributed by atoms with Crippen LogP contribution in [0.25, 0.3) is 0 Å². The van der Waals surface area contributed by atoms with E-state index in [1.807, 2.05) is 6.92 Å². The fourth-order valence-electron chi connectivity index (χ4n) is 2.05. The molecule has 0 radical (unpaired) electrons. The minimum atomic E-state index is -0.771. The number of nitrogens with zero attached hydrogens (tertiary/aromatic N) is 1. The van der Waals surface area contributed by atoms with Crippen LogP contribution in [-0.4, -0.2) is 18.5 Å². The van der Waals surface area contributed by atoms with Crippen LogP contribution in [0.4, 0.5) is 10.1 Å². The summed E-state index contributed by atoms with van der Waals surface area (Å²) in [4.78, 5) is 23.9. The molecule has 0 unspecified atom stereocenters. The fourth-order valence-corrected chi connectivity index (χ4v) is 2.05. The van der Waals surface area contributed by atoms with Crippen LogP contribution >= 0.6 is 0 Å². The maximum Gasteiger partial charge on any atom is 0.338 e. The van der Waals surface area contributed by atoms with E-state index < -0.39 is 17.7 Å². The predicted molar refractivity (Wildman–Crippen MR) is 90.7 cm³/mol. The van der Waals surface area contributed by atoms with Crippen molar-refractivity contribution in [2.75, 3.05) is 11.9 Å². The number of ether oxygens (including phenoxy) is 1. The summed E-state index contributed by atoms with van der Waals surface area (Å²) in [6, 6.07) is 11.6. The van der Waals surface area contributed by atoms with Gasteiger partial charge in [-0.2, -0.15) is 5.26 Å². The molecule has 0 aliphatic rings. The first-order valence-corrected chi connectivity index (χ1v) is 7.83. The van der Waals surface area contributed by atoms with Gasteiger partial charge in [-0.05, 0) is 48.9 Å². The molecule has 0 aromatic heterocycles. The zero-order chi connectivity index (χ0) is 18.2. The van der Waals surface area contributed by atoms with E-state index in [9.17, 15) is 14.0 Å². The quantitative estimate of drug-likeness (QED) is 0.639. The highest BCUT2D eigenvalue weighted by molar-refractivity contribution is 6.04. The maximum absolute atomic E-state index is 13.8. The zero-order valence-corrected chi connectivity index (χ0v) is 13.7. The zero-order valence-electron chi connectivity index (χ0n) is 13.7. The number of hydrogen-bond donors (Lipinski definition) is 1. The highest BCUT2D eigenvalue weighted by Crippen LogP contribution is 2.15. The third-order valence-electron chi connectivity index (χ3n) is 3.45. The number of esters is 1. The van der Waals surface area contributed by atoms with Gasteiger partial charge in [-0.3, -0.25) is 4.79 Å². The second-order valence-corrected chi connectivity index (χ2v) is 5.33. The monoisotopic (exact) mass is 340 g/mol. The summed E-state index contributed by atoms with van der Waals surface area (Å²) < 4.78 is 18.9. The van der Waals surface area contributed by atoms with Gasteiger partial charge in [0.1, 0.15) is 5.82 Å². The van der Waals surface area contributed by atoms with Crippen LogP contribution in [0.5, 0.6) is 0 Å². The lowest BCUT2D eigenvalue weighted by atomic mass is 10.1.